The Hall–Kier alpha value is -3.37. The number of para-hydroxylation sites is 2. The third-order valence-electron chi connectivity index (χ3n) is 7.44. The maximum atomic E-state index is 6.52. The highest BCUT2D eigenvalue weighted by molar-refractivity contribution is 5.98. The standard InChI is InChI=1S/C29H29N3O/c1-28(2)25-15-9-10-16-26(25)31-19-20-33-29(28,31)18-17-23-21-27(22-11-5-3-6-12-22)32(30-23)24-13-7-4-8-14-24/h3-18,27H,19-21H2,1-2H3/b18-17-/t27-,29-/m1/s1. The molecular formula is C29H29N3O. The average molecular weight is 436 g/mol. The molecule has 4 nitrogen and oxygen atoms in total. The molecule has 1 saturated heterocycles. The number of benzene rings is 3. The predicted molar refractivity (Wildman–Crippen MR) is 135 cm³/mol. The van der Waals surface area contributed by atoms with Crippen LogP contribution in [-0.4, -0.2) is 24.6 Å². The smallest absolute Gasteiger partial charge is 0.170 e. The van der Waals surface area contributed by atoms with Crippen molar-refractivity contribution < 1.29 is 4.74 Å². The lowest BCUT2D eigenvalue weighted by atomic mass is 9.77. The van der Waals surface area contributed by atoms with Crippen molar-refractivity contribution in [2.24, 2.45) is 5.10 Å². The lowest BCUT2D eigenvalue weighted by Crippen LogP contribution is -2.51. The molecule has 0 saturated carbocycles. The van der Waals surface area contributed by atoms with E-state index in [9.17, 15) is 0 Å². The van der Waals surface area contributed by atoms with Gasteiger partial charge in [0.05, 0.1) is 24.0 Å². The number of nitrogens with zero attached hydrogens (tertiary/aromatic N) is 3. The Labute approximate surface area is 195 Å². The second kappa shape index (κ2) is 7.60. The van der Waals surface area contributed by atoms with Gasteiger partial charge >= 0.3 is 0 Å². The van der Waals surface area contributed by atoms with Crippen molar-refractivity contribution in [2.75, 3.05) is 23.1 Å². The monoisotopic (exact) mass is 435 g/mol. The highest BCUT2D eigenvalue weighted by atomic mass is 16.5. The Morgan fingerprint density at radius 2 is 1.61 bits per heavy atom. The van der Waals surface area contributed by atoms with E-state index in [1.54, 1.807) is 0 Å². The molecule has 0 bridgehead atoms. The third-order valence-corrected chi connectivity index (χ3v) is 7.44. The number of ether oxygens (including phenoxy) is 1. The van der Waals surface area contributed by atoms with Crippen LogP contribution in [0.2, 0.25) is 0 Å². The van der Waals surface area contributed by atoms with E-state index in [0.29, 0.717) is 0 Å². The van der Waals surface area contributed by atoms with Gasteiger partial charge in [0.25, 0.3) is 0 Å². The first-order chi connectivity index (χ1) is 16.1. The van der Waals surface area contributed by atoms with Gasteiger partial charge in [0, 0.05) is 24.1 Å². The normalized spacial score (nSPS) is 25.4. The maximum absolute atomic E-state index is 6.52. The zero-order chi connectivity index (χ0) is 22.5. The Balaban J connectivity index is 1.37. The Morgan fingerprint density at radius 3 is 2.39 bits per heavy atom. The summed E-state index contributed by atoms with van der Waals surface area (Å²) in [6.07, 6.45) is 5.32. The van der Waals surface area contributed by atoms with Crippen molar-refractivity contribution in [1.29, 1.82) is 0 Å². The van der Waals surface area contributed by atoms with Crippen molar-refractivity contribution in [3.05, 3.63) is 108 Å². The number of allylic oxidation sites excluding steroid dienone is 1. The fourth-order valence-electron chi connectivity index (χ4n) is 5.73. The van der Waals surface area contributed by atoms with E-state index in [0.717, 1.165) is 31.0 Å². The molecule has 4 heteroatoms. The molecule has 0 radical (unpaired) electrons. The van der Waals surface area contributed by atoms with E-state index in [2.05, 4.69) is 115 Å². The molecule has 6 rings (SSSR count). The summed E-state index contributed by atoms with van der Waals surface area (Å²) in [6, 6.07) is 30.0. The van der Waals surface area contributed by atoms with Crippen LogP contribution in [-0.2, 0) is 10.2 Å². The van der Waals surface area contributed by atoms with Crippen molar-refractivity contribution in [3.63, 3.8) is 0 Å². The fraction of sp³-hybridized carbons (Fsp3) is 0.276. The molecule has 3 aromatic rings. The Kier molecular flexibility index (Phi) is 4.66. The predicted octanol–water partition coefficient (Wildman–Crippen LogP) is 6.07. The third kappa shape index (κ3) is 3.05. The lowest BCUT2D eigenvalue weighted by Gasteiger charge is -2.39. The fourth-order valence-corrected chi connectivity index (χ4v) is 5.73. The van der Waals surface area contributed by atoms with Crippen LogP contribution in [0.4, 0.5) is 11.4 Å². The molecule has 3 aromatic carbocycles. The van der Waals surface area contributed by atoms with E-state index in [-0.39, 0.29) is 11.5 Å². The average Bonchev–Trinajstić information content (AvgIpc) is 3.53. The number of hydrazone groups is 1. The van der Waals surface area contributed by atoms with Crippen LogP contribution < -0.4 is 9.91 Å². The Morgan fingerprint density at radius 1 is 0.909 bits per heavy atom. The van der Waals surface area contributed by atoms with Gasteiger partial charge in [-0.05, 0) is 41.5 Å². The van der Waals surface area contributed by atoms with Gasteiger partial charge in [0.2, 0.25) is 0 Å². The molecule has 0 amide bonds. The first kappa shape index (κ1) is 20.3. The van der Waals surface area contributed by atoms with E-state index in [1.807, 2.05) is 6.07 Å². The van der Waals surface area contributed by atoms with E-state index in [1.165, 1.54) is 16.8 Å². The molecule has 33 heavy (non-hydrogen) atoms. The van der Waals surface area contributed by atoms with Crippen LogP contribution in [0.5, 0.6) is 0 Å². The number of rotatable bonds is 4. The molecular weight excluding hydrogens is 406 g/mol. The minimum Gasteiger partial charge on any atom is -0.349 e. The van der Waals surface area contributed by atoms with Crippen LogP contribution in [0.1, 0.15) is 37.4 Å². The Bertz CT molecular complexity index is 1220. The molecule has 166 valence electrons. The summed E-state index contributed by atoms with van der Waals surface area (Å²) in [4.78, 5) is 2.43. The first-order valence-electron chi connectivity index (χ1n) is 11.8. The minimum absolute atomic E-state index is 0.159. The second-order valence-electron chi connectivity index (χ2n) is 9.57. The molecule has 0 N–H and O–H groups in total. The van der Waals surface area contributed by atoms with Crippen molar-refractivity contribution in [2.45, 2.75) is 37.5 Å². The molecule has 0 spiro atoms. The van der Waals surface area contributed by atoms with Gasteiger partial charge in [-0.3, -0.25) is 5.01 Å². The van der Waals surface area contributed by atoms with Gasteiger partial charge < -0.3 is 9.64 Å². The van der Waals surface area contributed by atoms with Gasteiger partial charge in [0.15, 0.2) is 5.72 Å². The molecule has 3 aliphatic rings. The molecule has 1 fully saturated rings. The molecule has 3 aliphatic heterocycles. The maximum Gasteiger partial charge on any atom is 0.170 e. The summed E-state index contributed by atoms with van der Waals surface area (Å²) >= 11 is 0. The molecule has 3 heterocycles. The minimum atomic E-state index is -0.485. The summed E-state index contributed by atoms with van der Waals surface area (Å²) in [5.74, 6) is 0. The lowest BCUT2D eigenvalue weighted by molar-refractivity contribution is -0.000230. The van der Waals surface area contributed by atoms with E-state index in [4.69, 9.17) is 9.84 Å². The quantitative estimate of drug-likeness (QED) is 0.498. The zero-order valence-electron chi connectivity index (χ0n) is 19.2. The summed E-state index contributed by atoms with van der Waals surface area (Å²) in [5, 5.41) is 7.24. The largest absolute Gasteiger partial charge is 0.349 e. The topological polar surface area (TPSA) is 28.1 Å². The summed E-state index contributed by atoms with van der Waals surface area (Å²) in [6.45, 7) is 6.22. The van der Waals surface area contributed by atoms with Gasteiger partial charge in [-0.15, -0.1) is 0 Å². The van der Waals surface area contributed by atoms with Crippen LogP contribution in [0, 0.1) is 0 Å². The summed E-state index contributed by atoms with van der Waals surface area (Å²) in [7, 11) is 0. The SMILES string of the molecule is CC1(C)c2ccccc2N2CCO[C@@]21/C=C\C1=NN(c2ccccc2)[C@@H](c2ccccc2)C1. The van der Waals surface area contributed by atoms with Gasteiger partial charge in [-0.2, -0.15) is 5.10 Å². The first-order valence-corrected chi connectivity index (χ1v) is 11.8. The molecule has 0 aromatic heterocycles. The number of hydrogen-bond donors (Lipinski definition) is 0. The molecule has 0 unspecified atom stereocenters. The summed E-state index contributed by atoms with van der Waals surface area (Å²) in [5.41, 5.74) is 5.44. The van der Waals surface area contributed by atoms with Crippen molar-refractivity contribution >= 4 is 17.1 Å². The number of anilines is 2. The number of hydrogen-bond acceptors (Lipinski definition) is 4. The second-order valence-corrected chi connectivity index (χ2v) is 9.57. The van der Waals surface area contributed by atoms with Crippen LogP contribution in [0.15, 0.2) is 102 Å². The van der Waals surface area contributed by atoms with E-state index >= 15 is 0 Å². The van der Waals surface area contributed by atoms with Gasteiger partial charge in [0.1, 0.15) is 0 Å². The van der Waals surface area contributed by atoms with Crippen LogP contribution in [0.25, 0.3) is 0 Å². The number of fused-ring (bicyclic) bond motifs is 3. The highest BCUT2D eigenvalue weighted by Gasteiger charge is 2.59. The van der Waals surface area contributed by atoms with Crippen LogP contribution in [0.3, 0.4) is 0 Å². The zero-order valence-corrected chi connectivity index (χ0v) is 19.2. The van der Waals surface area contributed by atoms with Crippen LogP contribution >= 0.6 is 0 Å². The van der Waals surface area contributed by atoms with Gasteiger partial charge in [-0.1, -0.05) is 80.6 Å². The summed E-state index contributed by atoms with van der Waals surface area (Å²) < 4.78 is 6.52. The molecule has 0 aliphatic carbocycles. The van der Waals surface area contributed by atoms with E-state index < -0.39 is 5.72 Å². The highest BCUT2D eigenvalue weighted by Crippen LogP contribution is 2.54. The van der Waals surface area contributed by atoms with Crippen molar-refractivity contribution in [1.82, 2.24) is 0 Å². The van der Waals surface area contributed by atoms with Crippen molar-refractivity contribution in [3.8, 4) is 0 Å². The van der Waals surface area contributed by atoms with Gasteiger partial charge in [-0.25, -0.2) is 0 Å². The molecule has 2 atom stereocenters.